The van der Waals surface area contributed by atoms with Gasteiger partial charge in [-0.1, -0.05) is 47.5 Å². The molecule has 3 atom stereocenters. The summed E-state index contributed by atoms with van der Waals surface area (Å²) in [5.74, 6) is -0.545. The molecular weight excluding hydrogens is 357 g/mol. The summed E-state index contributed by atoms with van der Waals surface area (Å²) >= 11 is 12.3. The number of aryl methyl sites for hydroxylation is 1. The van der Waals surface area contributed by atoms with Crippen LogP contribution in [0.3, 0.4) is 0 Å². The Labute approximate surface area is 156 Å². The molecule has 1 aliphatic carbocycles. The lowest BCUT2D eigenvalue weighted by Gasteiger charge is -2.39. The van der Waals surface area contributed by atoms with Crippen molar-refractivity contribution in [3.05, 3.63) is 74.8 Å². The molecule has 0 fully saturated rings. The Morgan fingerprint density at radius 2 is 2.00 bits per heavy atom. The van der Waals surface area contributed by atoms with E-state index in [1.807, 2.05) is 31.2 Å². The number of allylic oxidation sites excluding steroid dienone is 2. The lowest BCUT2D eigenvalue weighted by molar-refractivity contribution is 0.0695. The Kier molecular flexibility index (Phi) is 4.01. The first-order chi connectivity index (χ1) is 12.0. The maximum Gasteiger partial charge on any atom is 0.336 e. The molecule has 0 aromatic heterocycles. The van der Waals surface area contributed by atoms with Gasteiger partial charge in [0.15, 0.2) is 0 Å². The molecule has 4 rings (SSSR count). The number of halogens is 2. The van der Waals surface area contributed by atoms with Crippen molar-refractivity contribution < 1.29 is 9.90 Å². The zero-order chi connectivity index (χ0) is 17.7. The topological polar surface area (TPSA) is 49.3 Å². The van der Waals surface area contributed by atoms with Gasteiger partial charge in [-0.3, -0.25) is 0 Å². The third-order valence-electron chi connectivity index (χ3n) is 5.26. The number of rotatable bonds is 2. The monoisotopic (exact) mass is 373 g/mol. The molecule has 0 bridgehead atoms. The normalized spacial score (nSPS) is 23.7. The van der Waals surface area contributed by atoms with Gasteiger partial charge in [0, 0.05) is 11.6 Å². The highest BCUT2D eigenvalue weighted by molar-refractivity contribution is 6.42. The van der Waals surface area contributed by atoms with Crippen LogP contribution in [0.4, 0.5) is 5.69 Å². The average Bonchev–Trinajstić information content (AvgIpc) is 3.06. The predicted octanol–water partition coefficient (Wildman–Crippen LogP) is 5.83. The van der Waals surface area contributed by atoms with E-state index in [9.17, 15) is 9.90 Å². The van der Waals surface area contributed by atoms with E-state index in [0.29, 0.717) is 15.6 Å². The molecule has 0 saturated carbocycles. The minimum absolute atomic E-state index is 0.0602. The number of nitrogens with one attached hydrogen (secondary N) is 1. The highest BCUT2D eigenvalue weighted by Crippen LogP contribution is 2.52. The molecule has 1 heterocycles. The number of hydrogen-bond acceptors (Lipinski definition) is 2. The molecule has 0 amide bonds. The van der Waals surface area contributed by atoms with Crippen molar-refractivity contribution in [1.82, 2.24) is 0 Å². The van der Waals surface area contributed by atoms with Crippen LogP contribution in [0.25, 0.3) is 0 Å². The summed E-state index contributed by atoms with van der Waals surface area (Å²) in [6.07, 6.45) is 5.18. The Bertz CT molecular complexity index is 907. The molecule has 2 N–H and O–H groups in total. The fourth-order valence-electron chi connectivity index (χ4n) is 4.08. The number of benzene rings is 2. The summed E-state index contributed by atoms with van der Waals surface area (Å²) in [6, 6.07) is 9.33. The Morgan fingerprint density at radius 1 is 1.20 bits per heavy atom. The first-order valence-corrected chi connectivity index (χ1v) is 8.98. The molecule has 25 heavy (non-hydrogen) atoms. The highest BCUT2D eigenvalue weighted by atomic mass is 35.5. The summed E-state index contributed by atoms with van der Waals surface area (Å²) in [5.41, 5.74) is 4.30. The Morgan fingerprint density at radius 3 is 2.72 bits per heavy atom. The number of carboxylic acids is 1. The number of hydrogen-bond donors (Lipinski definition) is 2. The van der Waals surface area contributed by atoms with Gasteiger partial charge >= 0.3 is 5.97 Å². The van der Waals surface area contributed by atoms with Crippen molar-refractivity contribution in [3.63, 3.8) is 0 Å². The number of anilines is 1. The zero-order valence-corrected chi connectivity index (χ0v) is 15.1. The van der Waals surface area contributed by atoms with Crippen LogP contribution in [0.1, 0.15) is 45.4 Å². The van der Waals surface area contributed by atoms with Crippen LogP contribution in [0.5, 0.6) is 0 Å². The Hall–Kier alpha value is -1.97. The van der Waals surface area contributed by atoms with E-state index in [4.69, 9.17) is 23.2 Å². The van der Waals surface area contributed by atoms with E-state index < -0.39 is 5.97 Å². The van der Waals surface area contributed by atoms with Crippen molar-refractivity contribution in [2.24, 2.45) is 5.92 Å². The SMILES string of the molecule is Cc1ccc(C(=O)O)c2c1N[C@H](c1ccc(Cl)c(Cl)c1)[C@@H]1CC=C[C@H]21. The van der Waals surface area contributed by atoms with Crippen molar-refractivity contribution in [1.29, 1.82) is 0 Å². The predicted molar refractivity (Wildman–Crippen MR) is 101 cm³/mol. The van der Waals surface area contributed by atoms with E-state index in [1.54, 1.807) is 6.07 Å². The second-order valence-electron chi connectivity index (χ2n) is 6.67. The van der Waals surface area contributed by atoms with Crippen LogP contribution < -0.4 is 5.32 Å². The zero-order valence-electron chi connectivity index (χ0n) is 13.6. The fraction of sp³-hybridized carbons (Fsp3) is 0.250. The molecule has 1 aliphatic heterocycles. The van der Waals surface area contributed by atoms with Crippen molar-refractivity contribution in [3.8, 4) is 0 Å². The smallest absolute Gasteiger partial charge is 0.336 e. The van der Waals surface area contributed by atoms with E-state index >= 15 is 0 Å². The Balaban J connectivity index is 1.87. The van der Waals surface area contributed by atoms with Gasteiger partial charge in [0.05, 0.1) is 21.7 Å². The van der Waals surface area contributed by atoms with Gasteiger partial charge < -0.3 is 10.4 Å². The number of fused-ring (bicyclic) bond motifs is 3. The summed E-state index contributed by atoms with van der Waals surface area (Å²) in [7, 11) is 0. The van der Waals surface area contributed by atoms with Gasteiger partial charge in [-0.15, -0.1) is 0 Å². The van der Waals surface area contributed by atoms with Crippen LogP contribution in [-0.2, 0) is 0 Å². The van der Waals surface area contributed by atoms with Gasteiger partial charge in [-0.25, -0.2) is 4.79 Å². The molecular formula is C20H17Cl2NO2. The van der Waals surface area contributed by atoms with Crippen LogP contribution in [0, 0.1) is 12.8 Å². The standard InChI is InChI=1S/C20H17Cl2NO2/c1-10-5-7-14(20(24)25)17-12-3-2-4-13(12)19(23-18(10)17)11-6-8-15(21)16(22)9-11/h2-3,5-9,12-13,19,23H,4H2,1H3,(H,24,25)/t12-,13+,19+/m0/s1. The van der Waals surface area contributed by atoms with Crippen molar-refractivity contribution in [2.75, 3.05) is 5.32 Å². The number of carbonyl (C=O) groups is 1. The number of carboxylic acid groups (broad SMARTS) is 1. The molecule has 0 saturated heterocycles. The summed E-state index contributed by atoms with van der Waals surface area (Å²) in [6.45, 7) is 2.00. The number of aromatic carboxylic acids is 1. The maximum atomic E-state index is 11.7. The molecule has 0 unspecified atom stereocenters. The first kappa shape index (κ1) is 16.5. The van der Waals surface area contributed by atoms with Gasteiger partial charge in [0.25, 0.3) is 0 Å². The largest absolute Gasteiger partial charge is 0.478 e. The lowest BCUT2D eigenvalue weighted by Crippen LogP contribution is -2.31. The minimum atomic E-state index is -0.884. The molecule has 2 aromatic carbocycles. The van der Waals surface area contributed by atoms with Gasteiger partial charge in [0.1, 0.15) is 0 Å². The second-order valence-corrected chi connectivity index (χ2v) is 7.49. The molecule has 2 aromatic rings. The van der Waals surface area contributed by atoms with Gasteiger partial charge in [-0.2, -0.15) is 0 Å². The molecule has 128 valence electrons. The van der Waals surface area contributed by atoms with Crippen LogP contribution in [-0.4, -0.2) is 11.1 Å². The summed E-state index contributed by atoms with van der Waals surface area (Å²) in [5, 5.41) is 14.3. The van der Waals surface area contributed by atoms with E-state index in [1.165, 1.54) is 0 Å². The fourth-order valence-corrected chi connectivity index (χ4v) is 4.38. The van der Waals surface area contributed by atoms with E-state index in [-0.39, 0.29) is 17.9 Å². The molecule has 3 nitrogen and oxygen atoms in total. The summed E-state index contributed by atoms with van der Waals surface area (Å²) in [4.78, 5) is 11.7. The van der Waals surface area contributed by atoms with Crippen molar-refractivity contribution in [2.45, 2.75) is 25.3 Å². The third kappa shape index (κ3) is 2.62. The van der Waals surface area contributed by atoms with Crippen LogP contribution in [0.15, 0.2) is 42.5 Å². The molecule has 0 spiro atoms. The minimum Gasteiger partial charge on any atom is -0.478 e. The lowest BCUT2D eigenvalue weighted by atomic mass is 9.75. The first-order valence-electron chi connectivity index (χ1n) is 8.22. The quantitative estimate of drug-likeness (QED) is 0.651. The van der Waals surface area contributed by atoms with Crippen LogP contribution in [0.2, 0.25) is 10.0 Å². The second kappa shape index (κ2) is 6.08. The van der Waals surface area contributed by atoms with Gasteiger partial charge in [-0.05, 0) is 54.2 Å². The van der Waals surface area contributed by atoms with Gasteiger partial charge in [0.2, 0.25) is 0 Å². The third-order valence-corrected chi connectivity index (χ3v) is 6.00. The average molecular weight is 374 g/mol. The van der Waals surface area contributed by atoms with Crippen molar-refractivity contribution >= 4 is 34.9 Å². The molecule has 0 radical (unpaired) electrons. The molecule has 5 heteroatoms. The van der Waals surface area contributed by atoms with E-state index in [0.717, 1.165) is 28.8 Å². The summed E-state index contributed by atoms with van der Waals surface area (Å²) < 4.78 is 0. The maximum absolute atomic E-state index is 11.7. The highest BCUT2D eigenvalue weighted by Gasteiger charge is 2.40. The van der Waals surface area contributed by atoms with Crippen LogP contribution >= 0.6 is 23.2 Å². The molecule has 2 aliphatic rings. The van der Waals surface area contributed by atoms with E-state index in [2.05, 4.69) is 17.5 Å².